The predicted octanol–water partition coefficient (Wildman–Crippen LogP) is 4.76. The van der Waals surface area contributed by atoms with Gasteiger partial charge < -0.3 is 15.0 Å². The van der Waals surface area contributed by atoms with E-state index in [2.05, 4.69) is 52.1 Å². The SMILES string of the molecule is Cl.NCc1ccnc(Oc2cccc3c2ccn3Cc2ccccc2)c1. The number of pyridine rings is 1. The highest BCUT2D eigenvalue weighted by atomic mass is 35.5. The quantitative estimate of drug-likeness (QED) is 0.555. The Balaban J connectivity index is 0.00000196. The van der Waals surface area contributed by atoms with Crippen LogP contribution in [0.15, 0.2) is 79.1 Å². The van der Waals surface area contributed by atoms with Crippen molar-refractivity contribution in [2.24, 2.45) is 5.73 Å². The van der Waals surface area contributed by atoms with Gasteiger partial charge in [-0.2, -0.15) is 0 Å². The van der Waals surface area contributed by atoms with Crippen LogP contribution in [0.2, 0.25) is 0 Å². The van der Waals surface area contributed by atoms with E-state index in [1.54, 1.807) is 6.20 Å². The Bertz CT molecular complexity index is 999. The molecular weight excluding hydrogens is 346 g/mol. The minimum atomic E-state index is 0. The van der Waals surface area contributed by atoms with E-state index in [0.717, 1.165) is 28.8 Å². The molecule has 0 aliphatic rings. The van der Waals surface area contributed by atoms with Crippen molar-refractivity contribution in [3.63, 3.8) is 0 Å². The van der Waals surface area contributed by atoms with Crippen LogP contribution in [0, 0.1) is 0 Å². The molecule has 0 fully saturated rings. The summed E-state index contributed by atoms with van der Waals surface area (Å²) in [7, 11) is 0. The highest BCUT2D eigenvalue weighted by Crippen LogP contribution is 2.30. The first-order chi connectivity index (χ1) is 12.3. The van der Waals surface area contributed by atoms with Gasteiger partial charge in [0.05, 0.1) is 5.52 Å². The molecule has 26 heavy (non-hydrogen) atoms. The number of ether oxygens (including phenoxy) is 1. The zero-order chi connectivity index (χ0) is 17.1. The number of aromatic nitrogens is 2. The summed E-state index contributed by atoms with van der Waals surface area (Å²) in [6.07, 6.45) is 3.81. The molecule has 4 rings (SSSR count). The maximum atomic E-state index is 6.02. The average molecular weight is 366 g/mol. The van der Waals surface area contributed by atoms with Gasteiger partial charge in [0.25, 0.3) is 0 Å². The molecule has 0 unspecified atom stereocenters. The van der Waals surface area contributed by atoms with Crippen molar-refractivity contribution in [3.8, 4) is 11.6 Å². The van der Waals surface area contributed by atoms with Gasteiger partial charge in [-0.1, -0.05) is 36.4 Å². The zero-order valence-corrected chi connectivity index (χ0v) is 15.0. The summed E-state index contributed by atoms with van der Waals surface area (Å²) < 4.78 is 8.24. The lowest BCUT2D eigenvalue weighted by Crippen LogP contribution is -1.98. The van der Waals surface area contributed by atoms with Crippen molar-refractivity contribution in [1.29, 1.82) is 0 Å². The second kappa shape index (κ2) is 8.04. The van der Waals surface area contributed by atoms with Crippen molar-refractivity contribution >= 4 is 23.3 Å². The van der Waals surface area contributed by atoms with Crippen molar-refractivity contribution in [2.75, 3.05) is 0 Å². The standard InChI is InChI=1S/C21H19N3O.ClH/c22-14-17-9-11-23-21(13-17)25-20-8-4-7-19-18(20)10-12-24(19)15-16-5-2-1-3-6-16;/h1-13H,14-15,22H2;1H. The molecular formula is C21H20ClN3O. The van der Waals surface area contributed by atoms with Crippen LogP contribution in [-0.4, -0.2) is 9.55 Å². The second-order valence-electron chi connectivity index (χ2n) is 5.93. The molecule has 0 aliphatic heterocycles. The molecule has 0 amide bonds. The Hall–Kier alpha value is -2.82. The Labute approximate surface area is 158 Å². The molecule has 2 aromatic heterocycles. The van der Waals surface area contributed by atoms with Gasteiger partial charge in [-0.05, 0) is 35.4 Å². The van der Waals surface area contributed by atoms with E-state index in [9.17, 15) is 0 Å². The monoisotopic (exact) mass is 365 g/mol. The largest absolute Gasteiger partial charge is 0.438 e. The fraction of sp³-hybridized carbons (Fsp3) is 0.0952. The van der Waals surface area contributed by atoms with Crippen molar-refractivity contribution in [3.05, 3.63) is 90.3 Å². The number of nitrogens with two attached hydrogens (primary N) is 1. The van der Waals surface area contributed by atoms with Gasteiger partial charge in [-0.25, -0.2) is 4.98 Å². The van der Waals surface area contributed by atoms with Crippen LogP contribution < -0.4 is 10.5 Å². The number of nitrogens with zero attached hydrogens (tertiary/aromatic N) is 2. The first kappa shape index (κ1) is 18.0. The first-order valence-corrected chi connectivity index (χ1v) is 8.28. The van der Waals surface area contributed by atoms with E-state index in [1.807, 2.05) is 30.3 Å². The summed E-state index contributed by atoms with van der Waals surface area (Å²) in [6, 6.07) is 22.3. The molecule has 0 radical (unpaired) electrons. The Kier molecular flexibility index (Phi) is 5.56. The fourth-order valence-corrected chi connectivity index (χ4v) is 2.95. The highest BCUT2D eigenvalue weighted by Gasteiger charge is 2.09. The lowest BCUT2D eigenvalue weighted by Gasteiger charge is -2.09. The van der Waals surface area contributed by atoms with Gasteiger partial charge in [-0.3, -0.25) is 0 Å². The molecule has 0 spiro atoms. The highest BCUT2D eigenvalue weighted by molar-refractivity contribution is 5.86. The number of hydrogen-bond acceptors (Lipinski definition) is 3. The van der Waals surface area contributed by atoms with E-state index < -0.39 is 0 Å². The molecule has 2 N–H and O–H groups in total. The zero-order valence-electron chi connectivity index (χ0n) is 14.2. The van der Waals surface area contributed by atoms with Gasteiger partial charge >= 0.3 is 0 Å². The number of hydrogen-bond donors (Lipinski definition) is 1. The molecule has 0 bridgehead atoms. The first-order valence-electron chi connectivity index (χ1n) is 8.28. The van der Waals surface area contributed by atoms with Crippen LogP contribution in [0.3, 0.4) is 0 Å². The predicted molar refractivity (Wildman–Crippen MR) is 107 cm³/mol. The van der Waals surface area contributed by atoms with Gasteiger partial charge in [0.15, 0.2) is 0 Å². The maximum absolute atomic E-state index is 6.02. The minimum Gasteiger partial charge on any atom is -0.438 e. The lowest BCUT2D eigenvalue weighted by atomic mass is 10.2. The molecule has 5 heteroatoms. The smallest absolute Gasteiger partial charge is 0.219 e. The van der Waals surface area contributed by atoms with Crippen LogP contribution in [0.4, 0.5) is 0 Å². The lowest BCUT2D eigenvalue weighted by molar-refractivity contribution is 0.467. The van der Waals surface area contributed by atoms with Crippen LogP contribution >= 0.6 is 12.4 Å². The van der Waals surface area contributed by atoms with E-state index >= 15 is 0 Å². The second-order valence-corrected chi connectivity index (χ2v) is 5.93. The third kappa shape index (κ3) is 3.72. The molecule has 4 aromatic rings. The number of benzene rings is 2. The number of rotatable bonds is 5. The van der Waals surface area contributed by atoms with E-state index in [4.69, 9.17) is 10.5 Å². The summed E-state index contributed by atoms with van der Waals surface area (Å²) in [5.41, 5.74) is 9.09. The van der Waals surface area contributed by atoms with Crippen LogP contribution in [0.1, 0.15) is 11.1 Å². The van der Waals surface area contributed by atoms with Gasteiger partial charge in [0, 0.05) is 36.9 Å². The molecule has 4 nitrogen and oxygen atoms in total. The summed E-state index contributed by atoms with van der Waals surface area (Å²) >= 11 is 0. The van der Waals surface area contributed by atoms with E-state index in [1.165, 1.54) is 5.56 Å². The Morgan fingerprint density at radius 3 is 2.58 bits per heavy atom. The molecule has 2 heterocycles. The topological polar surface area (TPSA) is 53.1 Å². The Morgan fingerprint density at radius 2 is 1.77 bits per heavy atom. The Morgan fingerprint density at radius 1 is 0.923 bits per heavy atom. The van der Waals surface area contributed by atoms with Crippen LogP contribution in [-0.2, 0) is 13.1 Å². The van der Waals surface area contributed by atoms with Crippen molar-refractivity contribution in [1.82, 2.24) is 9.55 Å². The van der Waals surface area contributed by atoms with E-state index in [-0.39, 0.29) is 12.4 Å². The summed E-state index contributed by atoms with van der Waals surface area (Å²) in [5, 5.41) is 1.07. The molecule has 2 aromatic carbocycles. The van der Waals surface area contributed by atoms with Crippen molar-refractivity contribution in [2.45, 2.75) is 13.1 Å². The van der Waals surface area contributed by atoms with E-state index in [0.29, 0.717) is 12.4 Å². The molecule has 0 atom stereocenters. The maximum Gasteiger partial charge on any atom is 0.219 e. The van der Waals surface area contributed by atoms with Gasteiger partial charge in [0.2, 0.25) is 5.88 Å². The van der Waals surface area contributed by atoms with Crippen molar-refractivity contribution < 1.29 is 4.74 Å². The minimum absolute atomic E-state index is 0. The molecule has 0 saturated heterocycles. The van der Waals surface area contributed by atoms with Gasteiger partial charge in [-0.15, -0.1) is 12.4 Å². The third-order valence-corrected chi connectivity index (χ3v) is 4.22. The molecule has 0 aliphatic carbocycles. The summed E-state index contributed by atoms with van der Waals surface area (Å²) in [5.74, 6) is 1.36. The van der Waals surface area contributed by atoms with Gasteiger partial charge in [0.1, 0.15) is 5.75 Å². The molecule has 0 saturated carbocycles. The average Bonchev–Trinajstić information content (AvgIpc) is 3.07. The fourth-order valence-electron chi connectivity index (χ4n) is 2.95. The number of fused-ring (bicyclic) bond motifs is 1. The van der Waals surface area contributed by atoms with Crippen LogP contribution in [0.25, 0.3) is 10.9 Å². The third-order valence-electron chi connectivity index (χ3n) is 4.22. The normalized spacial score (nSPS) is 10.5. The summed E-state index contributed by atoms with van der Waals surface area (Å²) in [4.78, 5) is 4.28. The van der Waals surface area contributed by atoms with Crippen LogP contribution in [0.5, 0.6) is 11.6 Å². The summed E-state index contributed by atoms with van der Waals surface area (Å²) in [6.45, 7) is 1.30. The number of halogens is 1. The molecule has 132 valence electrons.